The number of ether oxygens (including phenoxy) is 2. The summed E-state index contributed by atoms with van der Waals surface area (Å²) in [6.07, 6.45) is 1.86. The maximum Gasteiger partial charge on any atom is 0.262 e. The SMILES string of the molecule is COc1cccc(NC(=O)COc2ccc(C(=O)NC3CCNC(C)C3)cc2)c1.Cl. The highest BCUT2D eigenvalue weighted by molar-refractivity contribution is 5.94. The monoisotopic (exact) mass is 433 g/mol. The summed E-state index contributed by atoms with van der Waals surface area (Å²) >= 11 is 0. The van der Waals surface area contributed by atoms with Crippen LogP contribution in [0.5, 0.6) is 11.5 Å². The molecule has 7 nitrogen and oxygen atoms in total. The molecule has 0 aliphatic carbocycles. The third-order valence-electron chi connectivity index (χ3n) is 4.80. The summed E-state index contributed by atoms with van der Waals surface area (Å²) in [5.74, 6) is 0.820. The van der Waals surface area contributed by atoms with Crippen molar-refractivity contribution in [2.24, 2.45) is 0 Å². The van der Waals surface area contributed by atoms with Gasteiger partial charge in [0.2, 0.25) is 0 Å². The molecule has 0 saturated carbocycles. The van der Waals surface area contributed by atoms with Gasteiger partial charge in [0.15, 0.2) is 6.61 Å². The summed E-state index contributed by atoms with van der Waals surface area (Å²) in [4.78, 5) is 24.5. The zero-order valence-electron chi connectivity index (χ0n) is 17.1. The first-order chi connectivity index (χ1) is 14.0. The number of amides is 2. The number of nitrogens with one attached hydrogen (secondary N) is 3. The lowest BCUT2D eigenvalue weighted by molar-refractivity contribution is -0.118. The van der Waals surface area contributed by atoms with E-state index < -0.39 is 0 Å². The maximum atomic E-state index is 12.4. The van der Waals surface area contributed by atoms with Crippen LogP contribution in [0.15, 0.2) is 48.5 Å². The summed E-state index contributed by atoms with van der Waals surface area (Å²) in [6, 6.07) is 14.5. The molecule has 3 N–H and O–H groups in total. The van der Waals surface area contributed by atoms with E-state index in [0.29, 0.717) is 28.8 Å². The number of hydrogen-bond acceptors (Lipinski definition) is 5. The zero-order chi connectivity index (χ0) is 20.6. The van der Waals surface area contributed by atoms with Crippen molar-refractivity contribution in [1.82, 2.24) is 10.6 Å². The number of halogens is 1. The minimum atomic E-state index is -0.278. The first kappa shape index (κ1) is 23.5. The van der Waals surface area contributed by atoms with Gasteiger partial charge >= 0.3 is 0 Å². The molecule has 1 heterocycles. The van der Waals surface area contributed by atoms with Gasteiger partial charge in [-0.25, -0.2) is 0 Å². The minimum absolute atomic E-state index is 0. The average molecular weight is 434 g/mol. The molecule has 0 spiro atoms. The molecule has 2 amide bonds. The molecule has 1 fully saturated rings. The van der Waals surface area contributed by atoms with Crippen molar-refractivity contribution in [3.63, 3.8) is 0 Å². The second-order valence-corrected chi connectivity index (χ2v) is 7.14. The molecule has 2 atom stereocenters. The molecule has 1 aliphatic heterocycles. The minimum Gasteiger partial charge on any atom is -0.497 e. The fourth-order valence-corrected chi connectivity index (χ4v) is 3.28. The van der Waals surface area contributed by atoms with Crippen LogP contribution in [-0.2, 0) is 4.79 Å². The van der Waals surface area contributed by atoms with Crippen molar-refractivity contribution in [1.29, 1.82) is 0 Å². The zero-order valence-corrected chi connectivity index (χ0v) is 18.0. The number of piperidine rings is 1. The van der Waals surface area contributed by atoms with E-state index in [0.717, 1.165) is 19.4 Å². The Labute approximate surface area is 182 Å². The third-order valence-corrected chi connectivity index (χ3v) is 4.80. The Balaban J connectivity index is 0.00000320. The predicted molar refractivity (Wildman–Crippen MR) is 119 cm³/mol. The maximum absolute atomic E-state index is 12.4. The van der Waals surface area contributed by atoms with Crippen molar-refractivity contribution in [3.05, 3.63) is 54.1 Å². The van der Waals surface area contributed by atoms with Gasteiger partial charge in [0, 0.05) is 29.4 Å². The molecule has 162 valence electrons. The van der Waals surface area contributed by atoms with Crippen molar-refractivity contribution < 1.29 is 19.1 Å². The molecule has 1 aliphatic rings. The number of rotatable bonds is 7. The lowest BCUT2D eigenvalue weighted by atomic mass is 10.0. The Bertz CT molecular complexity index is 845. The summed E-state index contributed by atoms with van der Waals surface area (Å²) in [6.45, 7) is 2.90. The summed E-state index contributed by atoms with van der Waals surface area (Å²) in [5, 5.41) is 9.20. The van der Waals surface area contributed by atoms with Gasteiger partial charge < -0.3 is 25.4 Å². The first-order valence-corrected chi connectivity index (χ1v) is 9.74. The van der Waals surface area contributed by atoms with Crippen LogP contribution >= 0.6 is 12.4 Å². The van der Waals surface area contributed by atoms with Crippen LogP contribution in [0.1, 0.15) is 30.1 Å². The van der Waals surface area contributed by atoms with Crippen LogP contribution in [0.2, 0.25) is 0 Å². The van der Waals surface area contributed by atoms with Gasteiger partial charge in [-0.15, -0.1) is 12.4 Å². The van der Waals surface area contributed by atoms with E-state index in [1.165, 1.54) is 0 Å². The number of methoxy groups -OCH3 is 1. The topological polar surface area (TPSA) is 88.7 Å². The molecule has 2 unspecified atom stereocenters. The third kappa shape index (κ3) is 6.93. The van der Waals surface area contributed by atoms with Crippen molar-refractivity contribution in [3.8, 4) is 11.5 Å². The molecule has 1 saturated heterocycles. The Hall–Kier alpha value is -2.77. The molecular weight excluding hydrogens is 406 g/mol. The van der Waals surface area contributed by atoms with Gasteiger partial charge in [-0.1, -0.05) is 6.07 Å². The number of benzene rings is 2. The number of anilines is 1. The van der Waals surface area contributed by atoms with Gasteiger partial charge in [-0.05, 0) is 62.7 Å². The quantitative estimate of drug-likeness (QED) is 0.624. The van der Waals surface area contributed by atoms with Crippen LogP contribution in [0, 0.1) is 0 Å². The van der Waals surface area contributed by atoms with Gasteiger partial charge in [-0.3, -0.25) is 9.59 Å². The smallest absolute Gasteiger partial charge is 0.262 e. The first-order valence-electron chi connectivity index (χ1n) is 9.74. The van der Waals surface area contributed by atoms with Crippen LogP contribution < -0.4 is 25.4 Å². The second-order valence-electron chi connectivity index (χ2n) is 7.14. The predicted octanol–water partition coefficient (Wildman–Crippen LogP) is 3.00. The van der Waals surface area contributed by atoms with Crippen LogP contribution in [0.3, 0.4) is 0 Å². The van der Waals surface area contributed by atoms with Gasteiger partial charge in [-0.2, -0.15) is 0 Å². The van der Waals surface area contributed by atoms with Gasteiger partial charge in [0.05, 0.1) is 7.11 Å². The normalized spacial score (nSPS) is 17.9. The van der Waals surface area contributed by atoms with Crippen LogP contribution in [0.25, 0.3) is 0 Å². The summed E-state index contributed by atoms with van der Waals surface area (Å²) in [7, 11) is 1.57. The summed E-state index contributed by atoms with van der Waals surface area (Å²) in [5.41, 5.74) is 1.21. The highest BCUT2D eigenvalue weighted by Crippen LogP contribution is 2.17. The molecular formula is C22H28ClN3O4. The van der Waals surface area contributed by atoms with Crippen molar-refractivity contribution in [2.45, 2.75) is 31.8 Å². The summed E-state index contributed by atoms with van der Waals surface area (Å²) < 4.78 is 10.6. The standard InChI is InChI=1S/C22H27N3O4.ClH/c1-15-12-18(10-11-23-15)25-22(27)16-6-8-19(9-7-16)29-14-21(26)24-17-4-3-5-20(13-17)28-2;/h3-9,13,15,18,23H,10-12,14H2,1-2H3,(H,24,26)(H,25,27);1H. The molecule has 2 aromatic carbocycles. The molecule has 2 aromatic rings. The van der Waals surface area contributed by atoms with E-state index in [4.69, 9.17) is 9.47 Å². The fourth-order valence-electron chi connectivity index (χ4n) is 3.28. The number of carbonyl (C=O) groups is 2. The lowest BCUT2D eigenvalue weighted by Crippen LogP contribution is -2.46. The van der Waals surface area contributed by atoms with Crippen molar-refractivity contribution in [2.75, 3.05) is 25.6 Å². The van der Waals surface area contributed by atoms with Gasteiger partial charge in [0.1, 0.15) is 11.5 Å². The molecule has 0 aromatic heterocycles. The van der Waals surface area contributed by atoms with Crippen LogP contribution in [0.4, 0.5) is 5.69 Å². The van der Waals surface area contributed by atoms with E-state index in [1.54, 1.807) is 55.6 Å². The lowest BCUT2D eigenvalue weighted by Gasteiger charge is -2.28. The highest BCUT2D eigenvalue weighted by Gasteiger charge is 2.20. The largest absolute Gasteiger partial charge is 0.497 e. The van der Waals surface area contributed by atoms with Crippen molar-refractivity contribution >= 4 is 29.9 Å². The van der Waals surface area contributed by atoms with E-state index in [9.17, 15) is 9.59 Å². The van der Waals surface area contributed by atoms with E-state index in [-0.39, 0.29) is 36.9 Å². The molecule has 8 heteroatoms. The Kier molecular flexibility index (Phi) is 8.95. The van der Waals surface area contributed by atoms with Gasteiger partial charge in [0.25, 0.3) is 11.8 Å². The molecule has 0 bridgehead atoms. The Morgan fingerprint density at radius 2 is 1.90 bits per heavy atom. The molecule has 0 radical (unpaired) electrons. The van der Waals surface area contributed by atoms with E-state index in [2.05, 4.69) is 22.9 Å². The second kappa shape index (κ2) is 11.4. The Morgan fingerprint density at radius 3 is 2.60 bits per heavy atom. The van der Waals surface area contributed by atoms with E-state index in [1.807, 2.05) is 0 Å². The number of hydrogen-bond donors (Lipinski definition) is 3. The average Bonchev–Trinajstić information content (AvgIpc) is 2.73. The number of carbonyl (C=O) groups excluding carboxylic acids is 2. The van der Waals surface area contributed by atoms with E-state index >= 15 is 0 Å². The van der Waals surface area contributed by atoms with Crippen LogP contribution in [-0.4, -0.2) is 44.2 Å². The Morgan fingerprint density at radius 1 is 1.13 bits per heavy atom. The molecule has 3 rings (SSSR count). The highest BCUT2D eigenvalue weighted by atomic mass is 35.5. The molecule has 30 heavy (non-hydrogen) atoms. The fraction of sp³-hybridized carbons (Fsp3) is 0.364.